The lowest BCUT2D eigenvalue weighted by Gasteiger charge is -2.12. The number of nitriles is 1. The van der Waals surface area contributed by atoms with E-state index in [0.717, 1.165) is 11.7 Å². The fourth-order valence-electron chi connectivity index (χ4n) is 3.27. The molecule has 0 radical (unpaired) electrons. The quantitative estimate of drug-likeness (QED) is 0.245. The average molecular weight is 428 g/mol. The number of nitrogens with zero attached hydrogens (tertiary/aromatic N) is 6. The highest BCUT2D eigenvalue weighted by molar-refractivity contribution is 7.00. The lowest BCUT2D eigenvalue weighted by molar-refractivity contribution is -0.385. The molecule has 148 valence electrons. The van der Waals surface area contributed by atoms with Crippen LogP contribution in [-0.4, -0.2) is 18.6 Å². The summed E-state index contributed by atoms with van der Waals surface area (Å²) in [6, 6.07) is 13.3. The molecule has 0 spiro atoms. The zero-order valence-corrected chi connectivity index (χ0v) is 16.2. The van der Waals surface area contributed by atoms with Gasteiger partial charge in [-0.25, -0.2) is 4.85 Å². The molecule has 0 saturated carbocycles. The standard InChI is InChI=1S/C20H8N6O4S/c1-22-18-15(10-21)16(11-2-6-13(7-3-11)25(27)28)19-20(24-31-23-19)17(18)12-4-8-14(9-5-12)26(29)30/h2-9H. The third-order valence-corrected chi connectivity index (χ3v) is 5.17. The van der Waals surface area contributed by atoms with Crippen molar-refractivity contribution in [1.29, 1.82) is 5.26 Å². The number of hydrogen-bond donors (Lipinski definition) is 0. The Kier molecular flexibility index (Phi) is 4.79. The highest BCUT2D eigenvalue weighted by Crippen LogP contribution is 2.45. The fourth-order valence-corrected chi connectivity index (χ4v) is 3.82. The highest BCUT2D eigenvalue weighted by atomic mass is 32.1. The van der Waals surface area contributed by atoms with Crippen LogP contribution in [0.5, 0.6) is 0 Å². The Bertz CT molecular complexity index is 1340. The van der Waals surface area contributed by atoms with Crippen molar-refractivity contribution in [2.24, 2.45) is 0 Å². The third kappa shape index (κ3) is 3.21. The molecule has 0 fully saturated rings. The molecule has 0 unspecified atom stereocenters. The van der Waals surface area contributed by atoms with Crippen LogP contribution >= 0.6 is 11.7 Å². The molecule has 31 heavy (non-hydrogen) atoms. The smallest absolute Gasteiger partial charge is 0.258 e. The molecule has 0 bridgehead atoms. The lowest BCUT2D eigenvalue weighted by Crippen LogP contribution is -1.94. The van der Waals surface area contributed by atoms with Crippen molar-refractivity contribution < 1.29 is 9.85 Å². The summed E-state index contributed by atoms with van der Waals surface area (Å²) in [6.07, 6.45) is 0. The van der Waals surface area contributed by atoms with E-state index in [-0.39, 0.29) is 22.6 Å². The van der Waals surface area contributed by atoms with E-state index >= 15 is 0 Å². The normalized spacial score (nSPS) is 10.4. The van der Waals surface area contributed by atoms with Gasteiger partial charge in [0.25, 0.3) is 11.4 Å². The predicted octanol–water partition coefficient (Wildman–Crippen LogP) is 5.26. The number of rotatable bonds is 4. The van der Waals surface area contributed by atoms with Crippen LogP contribution in [0.15, 0.2) is 48.5 Å². The van der Waals surface area contributed by atoms with Crippen molar-refractivity contribution >= 4 is 39.8 Å². The summed E-state index contributed by atoms with van der Waals surface area (Å²) in [5.74, 6) is 0. The first-order valence-corrected chi connectivity index (χ1v) is 9.28. The van der Waals surface area contributed by atoms with Gasteiger partial charge in [-0.3, -0.25) is 20.2 Å². The first-order valence-electron chi connectivity index (χ1n) is 8.55. The minimum atomic E-state index is -0.531. The monoisotopic (exact) mass is 428 g/mol. The van der Waals surface area contributed by atoms with Gasteiger partial charge in [0, 0.05) is 35.4 Å². The Balaban J connectivity index is 2.04. The molecule has 10 nitrogen and oxygen atoms in total. The largest absolute Gasteiger partial charge is 0.269 e. The molecular weight excluding hydrogens is 420 g/mol. The molecule has 0 aliphatic carbocycles. The molecule has 1 aromatic heterocycles. The molecule has 4 aromatic rings. The van der Waals surface area contributed by atoms with E-state index in [1.807, 2.05) is 0 Å². The number of aromatic nitrogens is 2. The van der Waals surface area contributed by atoms with Crippen molar-refractivity contribution in [2.75, 3.05) is 0 Å². The van der Waals surface area contributed by atoms with E-state index in [2.05, 4.69) is 19.7 Å². The van der Waals surface area contributed by atoms with Gasteiger partial charge in [0.05, 0.1) is 39.8 Å². The molecule has 0 N–H and O–H groups in total. The van der Waals surface area contributed by atoms with Crippen molar-refractivity contribution in [3.8, 4) is 28.3 Å². The van der Waals surface area contributed by atoms with Gasteiger partial charge in [0.15, 0.2) is 0 Å². The van der Waals surface area contributed by atoms with Crippen molar-refractivity contribution in [3.63, 3.8) is 0 Å². The summed E-state index contributed by atoms with van der Waals surface area (Å²) in [5, 5.41) is 31.8. The Hall–Kier alpha value is -4.74. The van der Waals surface area contributed by atoms with Gasteiger partial charge in [-0.2, -0.15) is 14.0 Å². The summed E-state index contributed by atoms with van der Waals surface area (Å²) in [5.41, 5.74) is 2.30. The zero-order chi connectivity index (χ0) is 22.1. The summed E-state index contributed by atoms with van der Waals surface area (Å²) >= 11 is 0.896. The number of fused-ring (bicyclic) bond motifs is 1. The topological polar surface area (TPSA) is 140 Å². The first-order chi connectivity index (χ1) is 15.0. The van der Waals surface area contributed by atoms with Crippen LogP contribution in [-0.2, 0) is 0 Å². The Labute approximate surface area is 178 Å². The second-order valence-electron chi connectivity index (χ2n) is 6.27. The Morgan fingerprint density at radius 3 is 1.74 bits per heavy atom. The van der Waals surface area contributed by atoms with Gasteiger partial charge in [-0.1, -0.05) is 0 Å². The lowest BCUT2D eigenvalue weighted by atomic mass is 9.91. The van der Waals surface area contributed by atoms with Crippen LogP contribution in [0.25, 0.3) is 38.1 Å². The minimum Gasteiger partial charge on any atom is -0.258 e. The average Bonchev–Trinajstić information content (AvgIpc) is 3.26. The summed E-state index contributed by atoms with van der Waals surface area (Å²) in [4.78, 5) is 24.4. The van der Waals surface area contributed by atoms with Crippen LogP contribution in [0.1, 0.15) is 5.56 Å². The zero-order valence-electron chi connectivity index (χ0n) is 15.3. The highest BCUT2D eigenvalue weighted by Gasteiger charge is 2.25. The number of nitro benzene ring substituents is 2. The third-order valence-electron chi connectivity index (χ3n) is 4.64. The molecule has 0 atom stereocenters. The molecule has 0 amide bonds. The maximum absolute atomic E-state index is 11.0. The molecule has 0 aliphatic rings. The van der Waals surface area contributed by atoms with Crippen LogP contribution in [0.3, 0.4) is 0 Å². The molecule has 4 rings (SSSR count). The number of benzene rings is 3. The van der Waals surface area contributed by atoms with Crippen molar-refractivity contribution in [1.82, 2.24) is 8.75 Å². The number of non-ortho nitro benzene ring substituents is 2. The maximum Gasteiger partial charge on any atom is 0.269 e. The van der Waals surface area contributed by atoms with Gasteiger partial charge >= 0.3 is 0 Å². The van der Waals surface area contributed by atoms with E-state index < -0.39 is 9.85 Å². The minimum absolute atomic E-state index is 0.0323. The van der Waals surface area contributed by atoms with Crippen LogP contribution < -0.4 is 0 Å². The number of hydrogen-bond acceptors (Lipinski definition) is 8. The van der Waals surface area contributed by atoms with Crippen LogP contribution in [0.2, 0.25) is 0 Å². The van der Waals surface area contributed by atoms with E-state index in [4.69, 9.17) is 6.57 Å². The van der Waals surface area contributed by atoms with Gasteiger partial charge < -0.3 is 0 Å². The van der Waals surface area contributed by atoms with Crippen LogP contribution in [0, 0.1) is 38.1 Å². The predicted molar refractivity (Wildman–Crippen MR) is 113 cm³/mol. The van der Waals surface area contributed by atoms with E-state index in [1.54, 1.807) is 0 Å². The SMILES string of the molecule is [C-]#[N+]c1c(C#N)c(-c2ccc([N+](=O)[O-])cc2)c2nsnc2c1-c1ccc([N+](=O)[O-])cc1. The molecule has 11 heteroatoms. The van der Waals surface area contributed by atoms with E-state index in [0.29, 0.717) is 33.3 Å². The van der Waals surface area contributed by atoms with Crippen molar-refractivity contribution in [2.45, 2.75) is 0 Å². The molecule has 0 saturated heterocycles. The summed E-state index contributed by atoms with van der Waals surface area (Å²) < 4.78 is 8.61. The number of nitro groups is 2. The molecule has 0 aliphatic heterocycles. The maximum atomic E-state index is 11.0. The molecule has 3 aromatic carbocycles. The van der Waals surface area contributed by atoms with Crippen molar-refractivity contribution in [3.05, 3.63) is 85.7 Å². The van der Waals surface area contributed by atoms with Gasteiger partial charge in [0.1, 0.15) is 11.0 Å². The Morgan fingerprint density at radius 2 is 1.32 bits per heavy atom. The Morgan fingerprint density at radius 1 is 0.871 bits per heavy atom. The second-order valence-corrected chi connectivity index (χ2v) is 6.80. The van der Waals surface area contributed by atoms with E-state index in [1.165, 1.54) is 48.5 Å². The van der Waals surface area contributed by atoms with E-state index in [9.17, 15) is 25.5 Å². The fraction of sp³-hybridized carbons (Fsp3) is 0. The summed E-state index contributed by atoms with van der Waals surface area (Å²) in [7, 11) is 0. The summed E-state index contributed by atoms with van der Waals surface area (Å²) in [6.45, 7) is 7.70. The second kappa shape index (κ2) is 7.59. The van der Waals surface area contributed by atoms with Gasteiger partial charge in [-0.05, 0) is 35.4 Å². The molecular formula is C20H8N6O4S. The first kappa shape index (κ1) is 19.6. The van der Waals surface area contributed by atoms with Gasteiger partial charge in [-0.15, -0.1) is 0 Å². The van der Waals surface area contributed by atoms with Gasteiger partial charge in [0.2, 0.25) is 5.69 Å². The van der Waals surface area contributed by atoms with Crippen LogP contribution in [0.4, 0.5) is 17.1 Å². The molecule has 1 heterocycles.